The summed E-state index contributed by atoms with van der Waals surface area (Å²) < 4.78 is 5.00. The molecule has 0 amide bonds. The molecular formula is C10H12O3. The van der Waals surface area contributed by atoms with Gasteiger partial charge in [0.2, 0.25) is 0 Å². The zero-order chi connectivity index (χ0) is 9.84. The fraction of sp³-hybridized carbons (Fsp3) is 0.300. The number of aromatic hydroxyl groups is 1. The van der Waals surface area contributed by atoms with E-state index in [0.717, 1.165) is 5.56 Å². The van der Waals surface area contributed by atoms with Crippen molar-refractivity contribution < 1.29 is 14.6 Å². The van der Waals surface area contributed by atoms with E-state index >= 15 is 0 Å². The van der Waals surface area contributed by atoms with Gasteiger partial charge in [-0.15, -0.1) is 0 Å². The lowest BCUT2D eigenvalue weighted by Crippen LogP contribution is -2.06. The number of phenolic OH excluding ortho intramolecular Hbond substituents is 1. The van der Waals surface area contributed by atoms with Crippen molar-refractivity contribution in [3.05, 3.63) is 23.8 Å². The van der Waals surface area contributed by atoms with Gasteiger partial charge >= 0.3 is 5.97 Å². The second kappa shape index (κ2) is 3.94. The van der Waals surface area contributed by atoms with Crippen LogP contribution in [0.1, 0.15) is 18.9 Å². The van der Waals surface area contributed by atoms with Crippen LogP contribution in [0.15, 0.2) is 18.2 Å². The molecule has 1 aromatic carbocycles. The van der Waals surface area contributed by atoms with Gasteiger partial charge in [-0.2, -0.15) is 0 Å². The van der Waals surface area contributed by atoms with Gasteiger partial charge < -0.3 is 9.84 Å². The van der Waals surface area contributed by atoms with Gasteiger partial charge in [0, 0.05) is 6.42 Å². The third kappa shape index (κ3) is 2.47. The number of hydrogen-bond donors (Lipinski definition) is 1. The van der Waals surface area contributed by atoms with Crippen LogP contribution in [0.3, 0.4) is 0 Å². The van der Waals surface area contributed by atoms with E-state index < -0.39 is 0 Å². The maximum absolute atomic E-state index is 10.9. The fourth-order valence-electron chi connectivity index (χ4n) is 0.943. The number of hydrogen-bond acceptors (Lipinski definition) is 3. The molecule has 0 spiro atoms. The molecular weight excluding hydrogens is 168 g/mol. The van der Waals surface area contributed by atoms with E-state index in [2.05, 4.69) is 0 Å². The molecule has 0 aliphatic rings. The van der Waals surface area contributed by atoms with Crippen molar-refractivity contribution in [1.29, 1.82) is 0 Å². The van der Waals surface area contributed by atoms with E-state index in [9.17, 15) is 4.79 Å². The van der Waals surface area contributed by atoms with Crippen LogP contribution in [0.5, 0.6) is 11.5 Å². The van der Waals surface area contributed by atoms with E-state index in [-0.39, 0.29) is 11.7 Å². The summed E-state index contributed by atoms with van der Waals surface area (Å²) >= 11 is 0. The first kappa shape index (κ1) is 9.58. The molecule has 13 heavy (non-hydrogen) atoms. The SMILES string of the molecule is CCC(=O)Oc1ccc(O)cc1C. The van der Waals surface area contributed by atoms with Crippen LogP contribution in [0, 0.1) is 6.92 Å². The minimum atomic E-state index is -0.270. The Morgan fingerprint density at radius 1 is 1.54 bits per heavy atom. The van der Waals surface area contributed by atoms with Crippen molar-refractivity contribution in [2.24, 2.45) is 0 Å². The Hall–Kier alpha value is -1.51. The Labute approximate surface area is 77.0 Å². The van der Waals surface area contributed by atoms with Gasteiger partial charge in [0.05, 0.1) is 0 Å². The molecule has 70 valence electrons. The third-order valence-electron chi connectivity index (χ3n) is 1.67. The molecule has 0 saturated carbocycles. The van der Waals surface area contributed by atoms with Gasteiger partial charge in [-0.25, -0.2) is 0 Å². The zero-order valence-electron chi connectivity index (χ0n) is 7.70. The van der Waals surface area contributed by atoms with Gasteiger partial charge in [-0.1, -0.05) is 6.92 Å². The predicted octanol–water partition coefficient (Wildman–Crippen LogP) is 2.02. The second-order valence-corrected chi connectivity index (χ2v) is 2.78. The summed E-state index contributed by atoms with van der Waals surface area (Å²) in [5, 5.41) is 9.09. The average Bonchev–Trinajstić information content (AvgIpc) is 2.09. The minimum absolute atomic E-state index is 0.175. The third-order valence-corrected chi connectivity index (χ3v) is 1.67. The van der Waals surface area contributed by atoms with E-state index in [4.69, 9.17) is 9.84 Å². The Morgan fingerprint density at radius 3 is 2.77 bits per heavy atom. The Kier molecular flexibility index (Phi) is 2.90. The van der Waals surface area contributed by atoms with Crippen molar-refractivity contribution >= 4 is 5.97 Å². The summed E-state index contributed by atoms with van der Waals surface area (Å²) in [6.07, 6.45) is 0.348. The first-order chi connectivity index (χ1) is 6.13. The number of carbonyl (C=O) groups excluding carboxylic acids is 1. The predicted molar refractivity (Wildman–Crippen MR) is 48.8 cm³/mol. The van der Waals surface area contributed by atoms with E-state index in [1.165, 1.54) is 6.07 Å². The molecule has 1 aromatic rings. The first-order valence-corrected chi connectivity index (χ1v) is 4.13. The van der Waals surface area contributed by atoms with Gasteiger partial charge in [-0.05, 0) is 30.7 Å². The van der Waals surface area contributed by atoms with Crippen LogP contribution in [0.4, 0.5) is 0 Å². The lowest BCUT2D eigenvalue weighted by atomic mass is 10.2. The highest BCUT2D eigenvalue weighted by Crippen LogP contribution is 2.22. The summed E-state index contributed by atoms with van der Waals surface area (Å²) in [6.45, 7) is 3.51. The number of rotatable bonds is 2. The summed E-state index contributed by atoms with van der Waals surface area (Å²) in [5.41, 5.74) is 0.752. The van der Waals surface area contributed by atoms with Crippen molar-refractivity contribution in [3.63, 3.8) is 0 Å². The first-order valence-electron chi connectivity index (χ1n) is 4.13. The summed E-state index contributed by atoms with van der Waals surface area (Å²) in [7, 11) is 0. The molecule has 1 rings (SSSR count). The molecule has 1 N–H and O–H groups in total. The zero-order valence-corrected chi connectivity index (χ0v) is 7.70. The van der Waals surface area contributed by atoms with Gasteiger partial charge in [0.25, 0.3) is 0 Å². The van der Waals surface area contributed by atoms with Crippen LogP contribution in [0.2, 0.25) is 0 Å². The van der Waals surface area contributed by atoms with Gasteiger partial charge in [0.1, 0.15) is 11.5 Å². The lowest BCUT2D eigenvalue weighted by molar-refractivity contribution is -0.134. The van der Waals surface area contributed by atoms with Crippen LogP contribution >= 0.6 is 0 Å². The minimum Gasteiger partial charge on any atom is -0.508 e. The summed E-state index contributed by atoms with van der Waals surface area (Å²) in [4.78, 5) is 10.9. The molecule has 0 aliphatic heterocycles. The number of aryl methyl sites for hydroxylation is 1. The van der Waals surface area contributed by atoms with E-state index in [1.54, 1.807) is 26.0 Å². The average molecular weight is 180 g/mol. The molecule has 0 atom stereocenters. The largest absolute Gasteiger partial charge is 0.508 e. The van der Waals surface area contributed by atoms with Crippen LogP contribution in [0.25, 0.3) is 0 Å². The van der Waals surface area contributed by atoms with Crippen molar-refractivity contribution in [1.82, 2.24) is 0 Å². The number of benzene rings is 1. The van der Waals surface area contributed by atoms with Crippen molar-refractivity contribution in [2.45, 2.75) is 20.3 Å². The molecule has 0 unspecified atom stereocenters. The van der Waals surface area contributed by atoms with Crippen LogP contribution in [-0.4, -0.2) is 11.1 Å². The highest BCUT2D eigenvalue weighted by atomic mass is 16.5. The number of phenols is 1. The Morgan fingerprint density at radius 2 is 2.23 bits per heavy atom. The molecule has 0 saturated heterocycles. The standard InChI is InChI=1S/C10H12O3/c1-3-10(12)13-9-5-4-8(11)6-7(9)2/h4-6,11H,3H2,1-2H3. The quantitative estimate of drug-likeness (QED) is 0.559. The van der Waals surface area contributed by atoms with Crippen LogP contribution < -0.4 is 4.74 Å². The van der Waals surface area contributed by atoms with Gasteiger partial charge in [0.15, 0.2) is 0 Å². The fourth-order valence-corrected chi connectivity index (χ4v) is 0.943. The van der Waals surface area contributed by atoms with Crippen LogP contribution in [-0.2, 0) is 4.79 Å². The normalized spacial score (nSPS) is 9.69. The number of carbonyl (C=O) groups is 1. The highest BCUT2D eigenvalue weighted by Gasteiger charge is 2.04. The summed E-state index contributed by atoms with van der Waals surface area (Å²) in [5.74, 6) is 0.409. The Balaban J connectivity index is 2.83. The monoisotopic (exact) mass is 180 g/mol. The molecule has 0 heterocycles. The highest BCUT2D eigenvalue weighted by molar-refractivity contribution is 5.72. The van der Waals surface area contributed by atoms with Gasteiger partial charge in [-0.3, -0.25) is 4.79 Å². The van der Waals surface area contributed by atoms with Crippen molar-refractivity contribution in [2.75, 3.05) is 0 Å². The maximum Gasteiger partial charge on any atom is 0.310 e. The lowest BCUT2D eigenvalue weighted by Gasteiger charge is -2.05. The topological polar surface area (TPSA) is 46.5 Å². The summed E-state index contributed by atoms with van der Waals surface area (Å²) in [6, 6.07) is 4.63. The molecule has 0 aromatic heterocycles. The van der Waals surface area contributed by atoms with E-state index in [0.29, 0.717) is 12.2 Å². The molecule has 3 heteroatoms. The Bertz CT molecular complexity index is 318. The molecule has 0 bridgehead atoms. The molecule has 0 aliphatic carbocycles. The number of ether oxygens (including phenoxy) is 1. The second-order valence-electron chi connectivity index (χ2n) is 2.78. The molecule has 3 nitrogen and oxygen atoms in total. The maximum atomic E-state index is 10.9. The molecule has 0 radical (unpaired) electrons. The van der Waals surface area contributed by atoms with Crippen molar-refractivity contribution in [3.8, 4) is 11.5 Å². The smallest absolute Gasteiger partial charge is 0.310 e. The number of esters is 1. The molecule has 0 fully saturated rings. The van der Waals surface area contributed by atoms with E-state index in [1.807, 2.05) is 0 Å².